The van der Waals surface area contributed by atoms with Crippen molar-refractivity contribution in [1.29, 1.82) is 0 Å². The van der Waals surface area contributed by atoms with E-state index in [9.17, 15) is 4.79 Å². The van der Waals surface area contributed by atoms with Gasteiger partial charge in [-0.05, 0) is 32.1 Å². The van der Waals surface area contributed by atoms with Crippen LogP contribution in [0.25, 0.3) is 21.9 Å². The average molecular weight is 270 g/mol. The summed E-state index contributed by atoms with van der Waals surface area (Å²) in [4.78, 5) is 11.3. The lowest BCUT2D eigenvalue weighted by molar-refractivity contribution is 0.370. The highest BCUT2D eigenvalue weighted by atomic mass is 16.5. The van der Waals surface area contributed by atoms with Crippen molar-refractivity contribution in [2.45, 2.75) is 13.8 Å². The highest BCUT2D eigenvalue weighted by molar-refractivity contribution is 6.01. The van der Waals surface area contributed by atoms with E-state index in [2.05, 4.69) is 0 Å². The van der Waals surface area contributed by atoms with Crippen LogP contribution in [0.4, 0.5) is 0 Å². The molecule has 2 heterocycles. The molecule has 0 unspecified atom stereocenters. The zero-order chi connectivity index (χ0) is 14.1. The maximum Gasteiger partial charge on any atom is 0.336 e. The van der Waals surface area contributed by atoms with Crippen molar-refractivity contribution in [1.82, 2.24) is 0 Å². The predicted molar refractivity (Wildman–Crippen MR) is 77.2 cm³/mol. The van der Waals surface area contributed by atoms with Crippen molar-refractivity contribution in [3.63, 3.8) is 0 Å². The minimum Gasteiger partial charge on any atom is -0.488 e. The first-order chi connectivity index (χ1) is 9.65. The fourth-order valence-corrected chi connectivity index (χ4v) is 2.06. The highest BCUT2D eigenvalue weighted by Gasteiger charge is 2.12. The van der Waals surface area contributed by atoms with Crippen LogP contribution in [0.2, 0.25) is 0 Å². The minimum absolute atomic E-state index is 0.390. The SMILES string of the molecule is CC(C)=CCOc1c2ccoc2cc2oc(=O)ccc12. The van der Waals surface area contributed by atoms with Crippen molar-refractivity contribution < 1.29 is 13.6 Å². The van der Waals surface area contributed by atoms with Gasteiger partial charge in [-0.1, -0.05) is 5.57 Å². The van der Waals surface area contributed by atoms with Gasteiger partial charge in [0.1, 0.15) is 23.5 Å². The number of fused-ring (bicyclic) bond motifs is 2. The van der Waals surface area contributed by atoms with Gasteiger partial charge < -0.3 is 13.6 Å². The van der Waals surface area contributed by atoms with Crippen molar-refractivity contribution in [3.05, 3.63) is 52.6 Å². The number of hydrogen-bond donors (Lipinski definition) is 0. The van der Waals surface area contributed by atoms with E-state index in [4.69, 9.17) is 13.6 Å². The Kier molecular flexibility index (Phi) is 3.06. The molecule has 102 valence electrons. The topological polar surface area (TPSA) is 52.6 Å². The lowest BCUT2D eigenvalue weighted by Gasteiger charge is -2.08. The molecule has 0 N–H and O–H groups in total. The number of ether oxygens (including phenoxy) is 1. The van der Waals surface area contributed by atoms with E-state index < -0.39 is 5.63 Å². The molecule has 0 aliphatic rings. The largest absolute Gasteiger partial charge is 0.488 e. The summed E-state index contributed by atoms with van der Waals surface area (Å²) in [6.07, 6.45) is 3.58. The second kappa shape index (κ2) is 4.89. The van der Waals surface area contributed by atoms with Gasteiger partial charge in [-0.3, -0.25) is 0 Å². The Labute approximate surface area is 115 Å². The summed E-state index contributed by atoms with van der Waals surface area (Å²) in [5, 5.41) is 1.63. The Balaban J connectivity index is 2.20. The average Bonchev–Trinajstić information content (AvgIpc) is 2.85. The van der Waals surface area contributed by atoms with E-state index in [-0.39, 0.29) is 0 Å². The molecule has 0 saturated carbocycles. The summed E-state index contributed by atoms with van der Waals surface area (Å²) in [6.45, 7) is 4.48. The normalized spacial score (nSPS) is 10.9. The molecule has 0 radical (unpaired) electrons. The summed E-state index contributed by atoms with van der Waals surface area (Å²) >= 11 is 0. The molecule has 2 aromatic heterocycles. The monoisotopic (exact) mass is 270 g/mol. The van der Waals surface area contributed by atoms with Crippen LogP contribution in [-0.4, -0.2) is 6.61 Å². The first-order valence-corrected chi connectivity index (χ1v) is 6.35. The Morgan fingerprint density at radius 1 is 1.20 bits per heavy atom. The molecule has 1 aromatic carbocycles. The molecule has 0 atom stereocenters. The van der Waals surface area contributed by atoms with Gasteiger partial charge in [-0.25, -0.2) is 4.79 Å². The summed E-state index contributed by atoms with van der Waals surface area (Å²) < 4.78 is 16.4. The molecular formula is C16H14O4. The van der Waals surface area contributed by atoms with Crippen LogP contribution in [0.15, 0.2) is 55.8 Å². The second-order valence-corrected chi connectivity index (χ2v) is 4.80. The standard InChI is InChI=1S/C16H14O4/c1-10(2)5-7-19-16-11-3-4-15(17)20-14(11)9-13-12(16)6-8-18-13/h3-6,8-9H,7H2,1-2H3. The molecule has 4 heteroatoms. The number of rotatable bonds is 3. The van der Waals surface area contributed by atoms with Gasteiger partial charge >= 0.3 is 5.63 Å². The maximum atomic E-state index is 11.3. The van der Waals surface area contributed by atoms with Crippen molar-refractivity contribution in [3.8, 4) is 5.75 Å². The van der Waals surface area contributed by atoms with Crippen LogP contribution < -0.4 is 10.4 Å². The van der Waals surface area contributed by atoms with Gasteiger partial charge in [0.2, 0.25) is 0 Å². The number of furan rings is 1. The van der Waals surface area contributed by atoms with Crippen LogP contribution in [0.5, 0.6) is 5.75 Å². The number of benzene rings is 1. The van der Waals surface area contributed by atoms with Crippen LogP contribution in [0.1, 0.15) is 13.8 Å². The maximum absolute atomic E-state index is 11.3. The Morgan fingerprint density at radius 2 is 2.00 bits per heavy atom. The lowest BCUT2D eigenvalue weighted by Crippen LogP contribution is -1.98. The third-order valence-corrected chi connectivity index (χ3v) is 3.03. The molecule has 0 aliphatic carbocycles. The highest BCUT2D eigenvalue weighted by Crippen LogP contribution is 2.34. The molecule has 3 rings (SSSR count). The molecule has 0 spiro atoms. The molecule has 3 aromatic rings. The predicted octanol–water partition coefficient (Wildman–Crippen LogP) is 3.88. The molecular weight excluding hydrogens is 256 g/mol. The summed E-state index contributed by atoms with van der Waals surface area (Å²) in [6, 6.07) is 6.66. The van der Waals surface area contributed by atoms with Gasteiger partial charge in [-0.2, -0.15) is 0 Å². The molecule has 0 aliphatic heterocycles. The quantitative estimate of drug-likeness (QED) is 0.535. The van der Waals surface area contributed by atoms with E-state index in [1.54, 1.807) is 18.4 Å². The van der Waals surface area contributed by atoms with Gasteiger partial charge in [0.25, 0.3) is 0 Å². The Hall–Kier alpha value is -2.49. The number of allylic oxidation sites excluding steroid dienone is 1. The summed E-state index contributed by atoms with van der Waals surface area (Å²) in [7, 11) is 0. The van der Waals surface area contributed by atoms with E-state index >= 15 is 0 Å². The molecule has 0 saturated heterocycles. The molecule has 4 nitrogen and oxygen atoms in total. The summed E-state index contributed by atoms with van der Waals surface area (Å²) in [5.41, 5.74) is 1.89. The molecule has 0 bridgehead atoms. The van der Waals surface area contributed by atoms with E-state index in [1.807, 2.05) is 26.0 Å². The number of hydrogen-bond acceptors (Lipinski definition) is 4. The molecule has 0 fully saturated rings. The van der Waals surface area contributed by atoms with Crippen LogP contribution >= 0.6 is 0 Å². The van der Waals surface area contributed by atoms with E-state index in [0.29, 0.717) is 23.5 Å². The zero-order valence-electron chi connectivity index (χ0n) is 11.3. The first kappa shape index (κ1) is 12.5. The van der Waals surface area contributed by atoms with Crippen molar-refractivity contribution in [2.75, 3.05) is 6.61 Å². The van der Waals surface area contributed by atoms with Crippen LogP contribution in [0.3, 0.4) is 0 Å². The third kappa shape index (κ3) is 2.20. The van der Waals surface area contributed by atoms with Crippen molar-refractivity contribution in [2.24, 2.45) is 0 Å². The van der Waals surface area contributed by atoms with Crippen molar-refractivity contribution >= 4 is 21.9 Å². The van der Waals surface area contributed by atoms with Gasteiger partial charge in [0.05, 0.1) is 17.0 Å². The fraction of sp³-hybridized carbons (Fsp3) is 0.188. The molecule has 20 heavy (non-hydrogen) atoms. The minimum atomic E-state index is -0.390. The van der Waals surface area contributed by atoms with Crippen LogP contribution in [0, 0.1) is 0 Å². The smallest absolute Gasteiger partial charge is 0.336 e. The van der Waals surface area contributed by atoms with E-state index in [1.165, 1.54) is 11.6 Å². The second-order valence-electron chi connectivity index (χ2n) is 4.80. The van der Waals surface area contributed by atoms with Crippen LogP contribution in [-0.2, 0) is 0 Å². The fourth-order valence-electron chi connectivity index (χ4n) is 2.06. The van der Waals surface area contributed by atoms with Gasteiger partial charge in [0.15, 0.2) is 0 Å². The van der Waals surface area contributed by atoms with Gasteiger partial charge in [0, 0.05) is 12.1 Å². The summed E-state index contributed by atoms with van der Waals surface area (Å²) in [5.74, 6) is 0.674. The van der Waals surface area contributed by atoms with E-state index in [0.717, 1.165) is 10.8 Å². The Bertz CT molecular complexity index is 848. The third-order valence-electron chi connectivity index (χ3n) is 3.03. The lowest BCUT2D eigenvalue weighted by atomic mass is 10.1. The van der Waals surface area contributed by atoms with Gasteiger partial charge in [-0.15, -0.1) is 0 Å². The zero-order valence-corrected chi connectivity index (χ0v) is 11.3. The first-order valence-electron chi connectivity index (χ1n) is 6.35. The Morgan fingerprint density at radius 3 is 2.80 bits per heavy atom. The molecule has 0 amide bonds.